The lowest BCUT2D eigenvalue weighted by molar-refractivity contribution is -0.0666. The smallest absolute Gasteiger partial charge is 0.198 e. The van der Waals surface area contributed by atoms with Crippen molar-refractivity contribution in [2.24, 2.45) is 0 Å². The van der Waals surface area contributed by atoms with E-state index in [2.05, 4.69) is 0 Å². The van der Waals surface area contributed by atoms with Gasteiger partial charge in [-0.15, -0.1) is 0 Å². The standard InChI is InChI=1S/C27H24O6/c1-15-16(2)33-27(32-15)20-13-21(31-14-17-9-5-4-6-10-17)22-23(26(20)30-3)25(29)19-12-8-7-11-18(19)24(22)28/h4-13,15-16,27H,14H2,1-3H3/t15-,16-/m1/s1. The minimum atomic E-state index is -0.741. The van der Waals surface area contributed by atoms with Gasteiger partial charge in [-0.25, -0.2) is 0 Å². The van der Waals surface area contributed by atoms with Gasteiger partial charge in [0.25, 0.3) is 0 Å². The molecule has 2 atom stereocenters. The van der Waals surface area contributed by atoms with Gasteiger partial charge in [-0.1, -0.05) is 54.6 Å². The van der Waals surface area contributed by atoms with Crippen molar-refractivity contribution >= 4 is 11.6 Å². The monoisotopic (exact) mass is 444 g/mol. The third-order valence-corrected chi connectivity index (χ3v) is 6.18. The lowest BCUT2D eigenvalue weighted by atomic mass is 9.82. The molecule has 6 nitrogen and oxygen atoms in total. The quantitative estimate of drug-likeness (QED) is 0.437. The SMILES string of the molecule is COc1c(C2O[C@H](C)[C@@H](C)O2)cc(OCc2ccccc2)c2c1C(=O)c1ccccc1C2=O. The maximum absolute atomic E-state index is 13.6. The Labute approximate surface area is 192 Å². The molecule has 0 bridgehead atoms. The van der Waals surface area contributed by atoms with E-state index >= 15 is 0 Å². The van der Waals surface area contributed by atoms with E-state index in [9.17, 15) is 9.59 Å². The molecule has 1 saturated heterocycles. The second-order valence-corrected chi connectivity index (χ2v) is 8.24. The molecule has 33 heavy (non-hydrogen) atoms. The van der Waals surface area contributed by atoms with Crippen LogP contribution in [0.15, 0.2) is 60.7 Å². The largest absolute Gasteiger partial charge is 0.495 e. The van der Waals surface area contributed by atoms with Crippen LogP contribution < -0.4 is 9.47 Å². The number of hydrogen-bond donors (Lipinski definition) is 0. The van der Waals surface area contributed by atoms with Crippen LogP contribution in [0.25, 0.3) is 0 Å². The van der Waals surface area contributed by atoms with E-state index in [4.69, 9.17) is 18.9 Å². The van der Waals surface area contributed by atoms with E-state index in [0.717, 1.165) is 5.56 Å². The number of rotatable bonds is 5. The maximum atomic E-state index is 13.6. The predicted octanol–water partition coefficient (Wildman–Crippen LogP) is 4.87. The van der Waals surface area contributed by atoms with Gasteiger partial charge in [0.1, 0.15) is 18.1 Å². The van der Waals surface area contributed by atoms with Crippen molar-refractivity contribution in [3.05, 3.63) is 94.0 Å². The molecule has 1 heterocycles. The molecule has 2 aliphatic rings. The van der Waals surface area contributed by atoms with Crippen molar-refractivity contribution in [3.8, 4) is 11.5 Å². The summed E-state index contributed by atoms with van der Waals surface area (Å²) >= 11 is 0. The number of hydrogen-bond acceptors (Lipinski definition) is 6. The fourth-order valence-corrected chi connectivity index (χ4v) is 4.28. The number of carbonyl (C=O) groups is 2. The van der Waals surface area contributed by atoms with Crippen LogP contribution in [-0.2, 0) is 16.1 Å². The Bertz CT molecular complexity index is 1220. The number of fused-ring (bicyclic) bond motifs is 2. The van der Waals surface area contributed by atoms with Gasteiger partial charge in [0.2, 0.25) is 0 Å². The van der Waals surface area contributed by atoms with Gasteiger partial charge >= 0.3 is 0 Å². The molecular weight excluding hydrogens is 420 g/mol. The Balaban J connectivity index is 1.68. The van der Waals surface area contributed by atoms with E-state index in [-0.39, 0.29) is 47.3 Å². The molecule has 0 saturated carbocycles. The molecule has 1 aliphatic heterocycles. The number of benzene rings is 3. The van der Waals surface area contributed by atoms with E-state index in [1.165, 1.54) is 7.11 Å². The summed E-state index contributed by atoms with van der Waals surface area (Å²) < 4.78 is 23.8. The summed E-state index contributed by atoms with van der Waals surface area (Å²) in [6.07, 6.45) is -1.01. The van der Waals surface area contributed by atoms with Crippen LogP contribution in [0.4, 0.5) is 0 Å². The molecule has 0 unspecified atom stereocenters. The first kappa shape index (κ1) is 21.4. The van der Waals surface area contributed by atoms with Crippen LogP contribution >= 0.6 is 0 Å². The third-order valence-electron chi connectivity index (χ3n) is 6.18. The highest BCUT2D eigenvalue weighted by Gasteiger charge is 2.40. The van der Waals surface area contributed by atoms with Gasteiger partial charge in [-0.3, -0.25) is 9.59 Å². The van der Waals surface area contributed by atoms with Crippen LogP contribution in [0.3, 0.4) is 0 Å². The molecule has 0 radical (unpaired) electrons. The van der Waals surface area contributed by atoms with Crippen molar-refractivity contribution in [1.82, 2.24) is 0 Å². The minimum Gasteiger partial charge on any atom is -0.495 e. The lowest BCUT2D eigenvalue weighted by Crippen LogP contribution is -2.24. The van der Waals surface area contributed by atoms with Crippen molar-refractivity contribution < 1.29 is 28.5 Å². The average molecular weight is 444 g/mol. The molecule has 0 amide bonds. The first-order valence-electron chi connectivity index (χ1n) is 10.9. The Hall–Kier alpha value is -3.48. The number of ether oxygens (including phenoxy) is 4. The minimum absolute atomic E-state index is 0.137. The Morgan fingerprint density at radius 1 is 0.818 bits per heavy atom. The topological polar surface area (TPSA) is 71.1 Å². The van der Waals surface area contributed by atoms with E-state index in [0.29, 0.717) is 22.4 Å². The van der Waals surface area contributed by atoms with Crippen LogP contribution in [-0.4, -0.2) is 30.9 Å². The predicted molar refractivity (Wildman–Crippen MR) is 121 cm³/mol. The summed E-state index contributed by atoms with van der Waals surface area (Å²) in [7, 11) is 1.48. The van der Waals surface area contributed by atoms with Crippen molar-refractivity contribution in [3.63, 3.8) is 0 Å². The summed E-state index contributed by atoms with van der Waals surface area (Å²) in [5, 5.41) is 0. The highest BCUT2D eigenvalue weighted by atomic mass is 16.7. The van der Waals surface area contributed by atoms with Gasteiger partial charge < -0.3 is 18.9 Å². The fraction of sp³-hybridized carbons (Fsp3) is 0.259. The molecule has 1 fully saturated rings. The molecule has 0 N–H and O–H groups in total. The highest BCUT2D eigenvalue weighted by Crippen LogP contribution is 2.46. The molecule has 0 spiro atoms. The average Bonchev–Trinajstić information content (AvgIpc) is 3.18. The second kappa shape index (κ2) is 8.46. The van der Waals surface area contributed by atoms with Crippen LogP contribution in [0, 0.1) is 0 Å². The van der Waals surface area contributed by atoms with Gasteiger partial charge in [-0.2, -0.15) is 0 Å². The first-order valence-corrected chi connectivity index (χ1v) is 10.9. The molecule has 168 valence electrons. The van der Waals surface area contributed by atoms with Crippen LogP contribution in [0.5, 0.6) is 11.5 Å². The molecular formula is C27H24O6. The Morgan fingerprint density at radius 2 is 1.39 bits per heavy atom. The van der Waals surface area contributed by atoms with Crippen molar-refractivity contribution in [2.75, 3.05) is 7.11 Å². The van der Waals surface area contributed by atoms with Gasteiger partial charge in [0, 0.05) is 11.1 Å². The summed E-state index contributed by atoms with van der Waals surface area (Å²) in [6.45, 7) is 4.09. The summed E-state index contributed by atoms with van der Waals surface area (Å²) in [5.41, 5.74) is 2.54. The summed E-state index contributed by atoms with van der Waals surface area (Å²) in [4.78, 5) is 27.1. The van der Waals surface area contributed by atoms with Gasteiger partial charge in [0.15, 0.2) is 17.9 Å². The third kappa shape index (κ3) is 3.61. The molecule has 1 aliphatic carbocycles. The molecule has 3 aromatic rings. The van der Waals surface area contributed by atoms with Crippen LogP contribution in [0.1, 0.15) is 63.1 Å². The second-order valence-electron chi connectivity index (χ2n) is 8.24. The van der Waals surface area contributed by atoms with E-state index < -0.39 is 6.29 Å². The van der Waals surface area contributed by atoms with Crippen molar-refractivity contribution in [2.45, 2.75) is 39.0 Å². The zero-order valence-electron chi connectivity index (χ0n) is 18.7. The van der Waals surface area contributed by atoms with E-state index in [1.54, 1.807) is 30.3 Å². The van der Waals surface area contributed by atoms with Crippen molar-refractivity contribution in [1.29, 1.82) is 0 Å². The van der Waals surface area contributed by atoms with Gasteiger partial charge in [-0.05, 0) is 25.5 Å². The summed E-state index contributed by atoms with van der Waals surface area (Å²) in [6, 6.07) is 18.1. The van der Waals surface area contributed by atoms with E-state index in [1.807, 2.05) is 44.2 Å². The molecule has 6 heteroatoms. The highest BCUT2D eigenvalue weighted by molar-refractivity contribution is 6.30. The molecule has 0 aromatic heterocycles. The van der Waals surface area contributed by atoms with Crippen LogP contribution in [0.2, 0.25) is 0 Å². The lowest BCUT2D eigenvalue weighted by Gasteiger charge is -2.25. The zero-order valence-corrected chi connectivity index (χ0v) is 18.7. The maximum Gasteiger partial charge on any atom is 0.198 e. The normalized spacial score (nSPS) is 19.8. The fourth-order valence-electron chi connectivity index (χ4n) is 4.28. The Kier molecular flexibility index (Phi) is 5.48. The van der Waals surface area contributed by atoms with Gasteiger partial charge in [0.05, 0.1) is 36.0 Å². The molecule has 5 rings (SSSR count). The first-order chi connectivity index (χ1) is 16.0. The number of ketones is 2. The summed E-state index contributed by atoms with van der Waals surface area (Å²) in [5.74, 6) is 0.0128. The molecule has 3 aromatic carbocycles. The zero-order chi connectivity index (χ0) is 23.1. The Morgan fingerprint density at radius 3 is 2.00 bits per heavy atom. The number of carbonyl (C=O) groups excluding carboxylic acids is 2. The number of methoxy groups -OCH3 is 1.